The lowest BCUT2D eigenvalue weighted by atomic mass is 9.96. The predicted octanol–water partition coefficient (Wildman–Crippen LogP) is 0.680. The lowest BCUT2D eigenvalue weighted by Crippen LogP contribution is -2.41. The molecule has 0 radical (unpaired) electrons. The Bertz CT molecular complexity index is 615. The molecule has 0 bridgehead atoms. The lowest BCUT2D eigenvalue weighted by Gasteiger charge is -2.31. The maximum absolute atomic E-state index is 12.1. The summed E-state index contributed by atoms with van der Waals surface area (Å²) in [7, 11) is 0. The average molecular weight is 303 g/mol. The molecule has 1 saturated heterocycles. The fourth-order valence-electron chi connectivity index (χ4n) is 2.54. The van der Waals surface area contributed by atoms with Crippen molar-refractivity contribution in [3.8, 4) is 0 Å². The van der Waals surface area contributed by atoms with Gasteiger partial charge in [0.1, 0.15) is 6.26 Å². The summed E-state index contributed by atoms with van der Waals surface area (Å²) in [5.41, 5.74) is 0.866. The van der Waals surface area contributed by atoms with Crippen molar-refractivity contribution in [2.24, 2.45) is 5.92 Å². The van der Waals surface area contributed by atoms with Gasteiger partial charge in [-0.25, -0.2) is 0 Å². The maximum Gasteiger partial charge on any atom is 0.276 e. The Balaban J connectivity index is 1.44. The molecule has 3 heterocycles. The van der Waals surface area contributed by atoms with Crippen LogP contribution in [0.25, 0.3) is 0 Å². The zero-order valence-corrected chi connectivity index (χ0v) is 12.0. The Morgan fingerprint density at radius 3 is 2.86 bits per heavy atom. The maximum atomic E-state index is 12.1. The molecule has 0 aliphatic carbocycles. The van der Waals surface area contributed by atoms with E-state index in [1.54, 1.807) is 11.0 Å². The largest absolute Gasteiger partial charge is 0.472 e. The van der Waals surface area contributed by atoms with Crippen LogP contribution in [0.4, 0.5) is 0 Å². The van der Waals surface area contributed by atoms with Crippen molar-refractivity contribution in [3.63, 3.8) is 0 Å². The van der Waals surface area contributed by atoms with Gasteiger partial charge in [-0.3, -0.25) is 9.59 Å². The fraction of sp³-hybridized carbons (Fsp3) is 0.429. The molecular formula is C14H17N5O3. The van der Waals surface area contributed by atoms with Crippen LogP contribution in [0.1, 0.15) is 33.7 Å². The molecule has 1 aliphatic heterocycles. The van der Waals surface area contributed by atoms with Crippen LogP contribution in [0.3, 0.4) is 0 Å². The van der Waals surface area contributed by atoms with Gasteiger partial charge >= 0.3 is 0 Å². The van der Waals surface area contributed by atoms with E-state index in [1.165, 1.54) is 18.7 Å². The summed E-state index contributed by atoms with van der Waals surface area (Å²) >= 11 is 0. The minimum absolute atomic E-state index is 0.102. The SMILES string of the molecule is O=C(NCC1CCN(C(=O)c2cn[nH]n2)CC1)c1ccoc1. The van der Waals surface area contributed by atoms with Crippen molar-refractivity contribution in [2.45, 2.75) is 12.8 Å². The van der Waals surface area contributed by atoms with Crippen molar-refractivity contribution >= 4 is 11.8 Å². The summed E-state index contributed by atoms with van der Waals surface area (Å²) in [5.74, 6) is 0.140. The fourth-order valence-corrected chi connectivity index (χ4v) is 2.54. The van der Waals surface area contributed by atoms with Crippen LogP contribution in [-0.4, -0.2) is 51.8 Å². The minimum Gasteiger partial charge on any atom is -0.472 e. The number of aromatic nitrogens is 3. The van der Waals surface area contributed by atoms with Gasteiger partial charge in [-0.15, -0.1) is 0 Å². The van der Waals surface area contributed by atoms with Crippen LogP contribution >= 0.6 is 0 Å². The summed E-state index contributed by atoms with van der Waals surface area (Å²) in [4.78, 5) is 25.7. The monoisotopic (exact) mass is 303 g/mol. The molecule has 8 heteroatoms. The number of amides is 2. The molecule has 22 heavy (non-hydrogen) atoms. The van der Waals surface area contributed by atoms with E-state index in [9.17, 15) is 9.59 Å². The molecule has 1 fully saturated rings. The second-order valence-electron chi connectivity index (χ2n) is 5.31. The Labute approximate surface area is 126 Å². The number of nitrogens with one attached hydrogen (secondary N) is 2. The summed E-state index contributed by atoms with van der Waals surface area (Å²) < 4.78 is 4.88. The quantitative estimate of drug-likeness (QED) is 0.864. The van der Waals surface area contributed by atoms with Gasteiger partial charge in [-0.2, -0.15) is 15.4 Å². The molecule has 0 saturated carbocycles. The van der Waals surface area contributed by atoms with E-state index >= 15 is 0 Å². The third-order valence-electron chi connectivity index (χ3n) is 3.87. The Kier molecular flexibility index (Phi) is 4.17. The van der Waals surface area contributed by atoms with E-state index in [-0.39, 0.29) is 11.8 Å². The number of furan rings is 1. The Hall–Kier alpha value is -2.64. The minimum atomic E-state index is -0.130. The number of carbonyl (C=O) groups is 2. The van der Waals surface area contributed by atoms with Crippen LogP contribution in [0.15, 0.2) is 29.2 Å². The van der Waals surface area contributed by atoms with Crippen molar-refractivity contribution in [3.05, 3.63) is 36.0 Å². The average Bonchev–Trinajstić information content (AvgIpc) is 3.25. The number of likely N-dealkylation sites (tertiary alicyclic amines) is 1. The van der Waals surface area contributed by atoms with Crippen molar-refractivity contribution in [2.75, 3.05) is 19.6 Å². The van der Waals surface area contributed by atoms with Gasteiger partial charge < -0.3 is 14.6 Å². The molecule has 2 aromatic heterocycles. The molecule has 3 rings (SSSR count). The summed E-state index contributed by atoms with van der Waals surface area (Å²) in [6, 6.07) is 1.63. The highest BCUT2D eigenvalue weighted by Crippen LogP contribution is 2.18. The number of piperidine rings is 1. The molecule has 0 unspecified atom stereocenters. The van der Waals surface area contributed by atoms with E-state index in [2.05, 4.69) is 20.7 Å². The summed E-state index contributed by atoms with van der Waals surface area (Å²) in [5, 5.41) is 12.8. The first-order valence-electron chi connectivity index (χ1n) is 7.19. The Morgan fingerprint density at radius 1 is 1.41 bits per heavy atom. The molecule has 2 aromatic rings. The highest BCUT2D eigenvalue weighted by Gasteiger charge is 2.25. The first kappa shape index (κ1) is 14.3. The van der Waals surface area contributed by atoms with E-state index in [1.807, 2.05) is 0 Å². The number of hydrogen-bond acceptors (Lipinski definition) is 5. The Morgan fingerprint density at radius 2 is 2.23 bits per heavy atom. The van der Waals surface area contributed by atoms with E-state index in [4.69, 9.17) is 4.42 Å². The smallest absolute Gasteiger partial charge is 0.276 e. The molecule has 2 N–H and O–H groups in total. The van der Waals surface area contributed by atoms with Crippen molar-refractivity contribution in [1.29, 1.82) is 0 Å². The molecule has 8 nitrogen and oxygen atoms in total. The van der Waals surface area contributed by atoms with Crippen LogP contribution < -0.4 is 5.32 Å². The second-order valence-corrected chi connectivity index (χ2v) is 5.31. The molecule has 116 valence electrons. The molecule has 0 spiro atoms. The normalized spacial score (nSPS) is 15.7. The van der Waals surface area contributed by atoms with Gasteiger partial charge in [-0.05, 0) is 24.8 Å². The van der Waals surface area contributed by atoms with Crippen LogP contribution in [0, 0.1) is 5.92 Å². The standard InChI is InChI=1S/C14H17N5O3/c20-13(11-3-6-22-9-11)15-7-10-1-4-19(5-2-10)14(21)12-8-16-18-17-12/h3,6,8-10H,1-2,4-5,7H2,(H,15,20)(H,16,17,18). The third kappa shape index (κ3) is 3.16. The summed E-state index contributed by atoms with van der Waals surface area (Å²) in [6.45, 7) is 1.94. The first-order chi connectivity index (χ1) is 10.7. The predicted molar refractivity (Wildman–Crippen MR) is 76.1 cm³/mol. The van der Waals surface area contributed by atoms with Gasteiger partial charge in [0.25, 0.3) is 11.8 Å². The summed E-state index contributed by atoms with van der Waals surface area (Å²) in [6.07, 6.45) is 6.04. The second kappa shape index (κ2) is 6.42. The zero-order chi connectivity index (χ0) is 15.4. The van der Waals surface area contributed by atoms with Gasteiger partial charge in [0.05, 0.1) is 18.0 Å². The van der Waals surface area contributed by atoms with E-state index in [0.717, 1.165) is 12.8 Å². The topological polar surface area (TPSA) is 104 Å². The number of H-pyrrole nitrogens is 1. The highest BCUT2D eigenvalue weighted by atomic mass is 16.3. The van der Waals surface area contributed by atoms with Crippen LogP contribution in [-0.2, 0) is 0 Å². The van der Waals surface area contributed by atoms with Gasteiger partial charge in [0.2, 0.25) is 0 Å². The molecule has 2 amide bonds. The number of aromatic amines is 1. The number of carbonyl (C=O) groups excluding carboxylic acids is 2. The lowest BCUT2D eigenvalue weighted by molar-refractivity contribution is 0.0678. The zero-order valence-electron chi connectivity index (χ0n) is 12.0. The molecule has 0 aromatic carbocycles. The molecular weight excluding hydrogens is 286 g/mol. The van der Waals surface area contributed by atoms with Gasteiger partial charge in [0, 0.05) is 19.6 Å². The van der Waals surface area contributed by atoms with Crippen LogP contribution in [0.2, 0.25) is 0 Å². The first-order valence-corrected chi connectivity index (χ1v) is 7.19. The highest BCUT2D eigenvalue weighted by molar-refractivity contribution is 5.93. The number of hydrogen-bond donors (Lipinski definition) is 2. The third-order valence-corrected chi connectivity index (χ3v) is 3.87. The van der Waals surface area contributed by atoms with E-state index in [0.29, 0.717) is 36.8 Å². The number of rotatable bonds is 4. The molecule has 0 atom stereocenters. The van der Waals surface area contributed by atoms with Crippen LogP contribution in [0.5, 0.6) is 0 Å². The van der Waals surface area contributed by atoms with Gasteiger partial charge in [-0.1, -0.05) is 0 Å². The van der Waals surface area contributed by atoms with E-state index < -0.39 is 0 Å². The van der Waals surface area contributed by atoms with Crippen molar-refractivity contribution in [1.82, 2.24) is 25.6 Å². The molecule has 1 aliphatic rings. The van der Waals surface area contributed by atoms with Gasteiger partial charge in [0.15, 0.2) is 5.69 Å². The number of nitrogens with zero attached hydrogens (tertiary/aromatic N) is 3. The van der Waals surface area contributed by atoms with Crippen molar-refractivity contribution < 1.29 is 14.0 Å².